The van der Waals surface area contributed by atoms with E-state index < -0.39 is 0 Å². The molecule has 7 nitrogen and oxygen atoms in total. The highest BCUT2D eigenvalue weighted by Gasteiger charge is 2.08. The predicted molar refractivity (Wildman–Crippen MR) is 105 cm³/mol. The standard InChI is InChI=1S/C19H24N6O/c1-5-25(6-2)15-7-8-16(13(3)11-15)21-19-20-10-9-17(23-19)22-18-12-14(4)26-24-18/h7-12H,5-6H2,1-4H3,(H2,20,21,22,23,24). The third-order valence-corrected chi connectivity index (χ3v) is 4.12. The number of nitrogens with zero attached hydrogens (tertiary/aromatic N) is 4. The van der Waals surface area contributed by atoms with E-state index in [-0.39, 0.29) is 0 Å². The normalized spacial score (nSPS) is 10.6. The van der Waals surface area contributed by atoms with Gasteiger partial charge in [0.15, 0.2) is 5.82 Å². The van der Waals surface area contributed by atoms with Gasteiger partial charge in [0.05, 0.1) is 0 Å². The van der Waals surface area contributed by atoms with Crippen LogP contribution in [0.3, 0.4) is 0 Å². The first kappa shape index (κ1) is 17.7. The van der Waals surface area contributed by atoms with E-state index in [9.17, 15) is 0 Å². The minimum atomic E-state index is 0.522. The Morgan fingerprint density at radius 2 is 1.81 bits per heavy atom. The van der Waals surface area contributed by atoms with Crippen molar-refractivity contribution in [2.45, 2.75) is 27.7 Å². The van der Waals surface area contributed by atoms with Crippen LogP contribution in [0.1, 0.15) is 25.2 Å². The maximum Gasteiger partial charge on any atom is 0.229 e. The number of aromatic nitrogens is 3. The second-order valence-electron chi connectivity index (χ2n) is 6.01. The van der Waals surface area contributed by atoms with Crippen LogP contribution in [0.5, 0.6) is 0 Å². The molecule has 0 aliphatic rings. The van der Waals surface area contributed by atoms with Crippen LogP contribution in [0, 0.1) is 13.8 Å². The summed E-state index contributed by atoms with van der Waals surface area (Å²) in [7, 11) is 0. The molecule has 0 amide bonds. The first-order valence-electron chi connectivity index (χ1n) is 8.75. The summed E-state index contributed by atoms with van der Waals surface area (Å²) in [4.78, 5) is 11.1. The van der Waals surface area contributed by atoms with Crippen molar-refractivity contribution in [2.24, 2.45) is 0 Å². The summed E-state index contributed by atoms with van der Waals surface area (Å²) in [6.07, 6.45) is 1.70. The van der Waals surface area contributed by atoms with E-state index >= 15 is 0 Å². The molecule has 2 N–H and O–H groups in total. The highest BCUT2D eigenvalue weighted by molar-refractivity contribution is 5.65. The molecule has 0 aliphatic heterocycles. The quantitative estimate of drug-likeness (QED) is 0.652. The van der Waals surface area contributed by atoms with Crippen molar-refractivity contribution in [1.82, 2.24) is 15.1 Å². The Bertz CT molecular complexity index is 872. The molecule has 0 atom stereocenters. The molecule has 0 spiro atoms. The summed E-state index contributed by atoms with van der Waals surface area (Å²) < 4.78 is 5.05. The molecule has 2 heterocycles. The van der Waals surface area contributed by atoms with Crippen LogP contribution in [0.25, 0.3) is 0 Å². The van der Waals surface area contributed by atoms with Gasteiger partial charge in [-0.15, -0.1) is 0 Å². The SMILES string of the molecule is CCN(CC)c1ccc(Nc2nccc(Nc3cc(C)on3)n2)c(C)c1. The van der Waals surface area contributed by atoms with Crippen LogP contribution in [0.2, 0.25) is 0 Å². The maximum atomic E-state index is 5.05. The number of hydrogen-bond donors (Lipinski definition) is 2. The first-order valence-corrected chi connectivity index (χ1v) is 8.75. The average Bonchev–Trinajstić information content (AvgIpc) is 3.03. The number of aryl methyl sites for hydroxylation is 2. The molecule has 26 heavy (non-hydrogen) atoms. The fraction of sp³-hybridized carbons (Fsp3) is 0.316. The van der Waals surface area contributed by atoms with Crippen LogP contribution in [-0.2, 0) is 0 Å². The number of anilines is 5. The molecule has 0 fully saturated rings. The molecule has 1 aromatic carbocycles. The molecule has 0 aliphatic carbocycles. The molecule has 0 saturated carbocycles. The lowest BCUT2D eigenvalue weighted by atomic mass is 10.1. The number of nitrogens with one attached hydrogen (secondary N) is 2. The summed E-state index contributed by atoms with van der Waals surface area (Å²) in [6.45, 7) is 10.2. The molecule has 136 valence electrons. The second kappa shape index (κ2) is 7.86. The zero-order valence-electron chi connectivity index (χ0n) is 15.6. The topological polar surface area (TPSA) is 79.1 Å². The Labute approximate surface area is 153 Å². The molecule has 3 rings (SSSR count). The van der Waals surface area contributed by atoms with Gasteiger partial charge in [0.25, 0.3) is 0 Å². The largest absolute Gasteiger partial charge is 0.372 e. The second-order valence-corrected chi connectivity index (χ2v) is 6.01. The van der Waals surface area contributed by atoms with Gasteiger partial charge in [-0.3, -0.25) is 0 Å². The van der Waals surface area contributed by atoms with Crippen LogP contribution < -0.4 is 15.5 Å². The predicted octanol–water partition coefficient (Wildman–Crippen LogP) is 4.41. The lowest BCUT2D eigenvalue weighted by Gasteiger charge is -2.22. The summed E-state index contributed by atoms with van der Waals surface area (Å²) in [5.41, 5.74) is 3.34. The minimum absolute atomic E-state index is 0.522. The lowest BCUT2D eigenvalue weighted by Crippen LogP contribution is -2.21. The monoisotopic (exact) mass is 352 g/mol. The lowest BCUT2D eigenvalue weighted by molar-refractivity contribution is 0.400. The van der Waals surface area contributed by atoms with E-state index in [1.165, 1.54) is 5.69 Å². The molecule has 0 bridgehead atoms. The Morgan fingerprint density at radius 1 is 1.00 bits per heavy atom. The number of benzene rings is 1. The van der Waals surface area contributed by atoms with Gasteiger partial charge in [-0.25, -0.2) is 4.98 Å². The Balaban J connectivity index is 1.75. The molecule has 0 radical (unpaired) electrons. The van der Waals surface area contributed by atoms with Crippen molar-refractivity contribution < 1.29 is 4.52 Å². The number of rotatable bonds is 7. The van der Waals surface area contributed by atoms with Crippen molar-refractivity contribution in [1.29, 1.82) is 0 Å². The number of hydrogen-bond acceptors (Lipinski definition) is 7. The van der Waals surface area contributed by atoms with E-state index in [0.29, 0.717) is 17.6 Å². The van der Waals surface area contributed by atoms with Crippen LogP contribution in [0.15, 0.2) is 41.1 Å². The summed E-state index contributed by atoms with van der Waals surface area (Å²) in [5.74, 6) is 2.53. The summed E-state index contributed by atoms with van der Waals surface area (Å²) >= 11 is 0. The molecular formula is C19H24N6O. The van der Waals surface area contributed by atoms with Gasteiger partial charge in [0.2, 0.25) is 5.95 Å². The van der Waals surface area contributed by atoms with Gasteiger partial charge in [-0.05, 0) is 57.5 Å². The van der Waals surface area contributed by atoms with Crippen LogP contribution in [-0.4, -0.2) is 28.2 Å². The van der Waals surface area contributed by atoms with E-state index in [1.54, 1.807) is 12.3 Å². The van der Waals surface area contributed by atoms with Gasteiger partial charge in [0, 0.05) is 36.7 Å². The van der Waals surface area contributed by atoms with Gasteiger partial charge in [-0.2, -0.15) is 4.98 Å². The highest BCUT2D eigenvalue weighted by atomic mass is 16.5. The Kier molecular flexibility index (Phi) is 5.36. The van der Waals surface area contributed by atoms with Crippen molar-refractivity contribution in [3.05, 3.63) is 47.9 Å². The zero-order valence-corrected chi connectivity index (χ0v) is 15.6. The first-order chi connectivity index (χ1) is 12.6. The van der Waals surface area contributed by atoms with Crippen LogP contribution in [0.4, 0.5) is 29.0 Å². The molecule has 0 saturated heterocycles. The maximum absolute atomic E-state index is 5.05. The fourth-order valence-corrected chi connectivity index (χ4v) is 2.74. The summed E-state index contributed by atoms with van der Waals surface area (Å²) in [5, 5.41) is 10.3. The van der Waals surface area contributed by atoms with E-state index in [4.69, 9.17) is 4.52 Å². The van der Waals surface area contributed by atoms with Crippen molar-refractivity contribution >= 4 is 29.0 Å². The molecule has 7 heteroatoms. The van der Waals surface area contributed by atoms with Gasteiger partial charge >= 0.3 is 0 Å². The third kappa shape index (κ3) is 4.11. The van der Waals surface area contributed by atoms with Gasteiger partial charge < -0.3 is 20.1 Å². The third-order valence-electron chi connectivity index (χ3n) is 4.12. The molecule has 3 aromatic rings. The average molecular weight is 352 g/mol. The Hall–Kier alpha value is -3.09. The van der Waals surface area contributed by atoms with E-state index in [0.717, 1.165) is 30.1 Å². The highest BCUT2D eigenvalue weighted by Crippen LogP contribution is 2.25. The van der Waals surface area contributed by atoms with E-state index in [2.05, 4.69) is 69.6 Å². The van der Waals surface area contributed by atoms with Crippen molar-refractivity contribution in [3.8, 4) is 0 Å². The molecular weight excluding hydrogens is 328 g/mol. The minimum Gasteiger partial charge on any atom is -0.372 e. The summed E-state index contributed by atoms with van der Waals surface area (Å²) in [6, 6.07) is 9.95. The van der Waals surface area contributed by atoms with E-state index in [1.807, 2.05) is 13.0 Å². The molecule has 2 aromatic heterocycles. The van der Waals surface area contributed by atoms with Gasteiger partial charge in [-0.1, -0.05) is 5.16 Å². The molecule has 0 unspecified atom stereocenters. The fourth-order valence-electron chi connectivity index (χ4n) is 2.74. The Morgan fingerprint density at radius 3 is 2.46 bits per heavy atom. The van der Waals surface area contributed by atoms with Gasteiger partial charge in [0.1, 0.15) is 11.6 Å². The smallest absolute Gasteiger partial charge is 0.229 e. The van der Waals surface area contributed by atoms with Crippen molar-refractivity contribution in [3.63, 3.8) is 0 Å². The van der Waals surface area contributed by atoms with Crippen LogP contribution >= 0.6 is 0 Å². The zero-order chi connectivity index (χ0) is 18.5. The van der Waals surface area contributed by atoms with Crippen molar-refractivity contribution in [2.75, 3.05) is 28.6 Å².